The number of rotatable bonds is 7. The third-order valence-electron chi connectivity index (χ3n) is 3.80. The molecule has 0 bridgehead atoms. The number of benzene rings is 1. The summed E-state index contributed by atoms with van der Waals surface area (Å²) in [6.07, 6.45) is -6.30. The first kappa shape index (κ1) is 21.8. The van der Waals surface area contributed by atoms with E-state index in [1.54, 1.807) is 31.2 Å². The van der Waals surface area contributed by atoms with E-state index in [-0.39, 0.29) is 13.0 Å². The highest BCUT2D eigenvalue weighted by atomic mass is 79.9. The van der Waals surface area contributed by atoms with Crippen LogP contribution in [0.25, 0.3) is 0 Å². The molecule has 0 N–H and O–H groups in total. The minimum Gasteiger partial charge on any atom is -0.485 e. The summed E-state index contributed by atoms with van der Waals surface area (Å²) < 4.78 is 50.0. The van der Waals surface area contributed by atoms with Gasteiger partial charge in [-0.3, -0.25) is 0 Å². The van der Waals surface area contributed by atoms with Crippen LogP contribution in [0.5, 0.6) is 5.75 Å². The van der Waals surface area contributed by atoms with Crippen molar-refractivity contribution in [3.63, 3.8) is 0 Å². The average molecular weight is 465 g/mol. The third-order valence-corrected chi connectivity index (χ3v) is 6.21. The molecule has 0 aliphatic carbocycles. The van der Waals surface area contributed by atoms with Crippen LogP contribution in [0, 0.1) is 13.8 Å². The van der Waals surface area contributed by atoms with Crippen LogP contribution in [0.2, 0.25) is 0 Å². The fraction of sp³-hybridized carbons (Fsp3) is 0.421. The molecular formula is C19H20BrF3O3S. The fourth-order valence-corrected chi connectivity index (χ4v) is 3.72. The average Bonchev–Trinajstić information content (AvgIpc) is 3.05. The molecule has 1 heterocycles. The van der Waals surface area contributed by atoms with Gasteiger partial charge in [0.25, 0.3) is 0 Å². The van der Waals surface area contributed by atoms with Crippen LogP contribution < -0.4 is 4.74 Å². The monoisotopic (exact) mass is 464 g/mol. The number of hydrogen-bond acceptors (Lipinski definition) is 4. The van der Waals surface area contributed by atoms with Gasteiger partial charge in [-0.2, -0.15) is 13.2 Å². The number of carbonyl (C=O) groups is 1. The van der Waals surface area contributed by atoms with E-state index in [0.717, 1.165) is 26.9 Å². The highest BCUT2D eigenvalue weighted by molar-refractivity contribution is 9.10. The van der Waals surface area contributed by atoms with Gasteiger partial charge in [-0.1, -0.05) is 15.9 Å². The van der Waals surface area contributed by atoms with Crippen molar-refractivity contribution in [1.82, 2.24) is 0 Å². The molecule has 0 amide bonds. The molecule has 148 valence electrons. The van der Waals surface area contributed by atoms with E-state index in [2.05, 4.69) is 15.9 Å². The van der Waals surface area contributed by atoms with Crippen molar-refractivity contribution in [1.29, 1.82) is 0 Å². The largest absolute Gasteiger partial charge is 0.485 e. The van der Waals surface area contributed by atoms with E-state index < -0.39 is 24.7 Å². The van der Waals surface area contributed by atoms with Gasteiger partial charge in [0, 0.05) is 15.8 Å². The van der Waals surface area contributed by atoms with E-state index >= 15 is 0 Å². The zero-order valence-electron chi connectivity index (χ0n) is 15.2. The summed E-state index contributed by atoms with van der Waals surface area (Å²) >= 11 is 4.56. The maximum atomic E-state index is 12.8. The Kier molecular flexibility index (Phi) is 7.33. The Bertz CT molecular complexity index is 779. The van der Waals surface area contributed by atoms with E-state index in [9.17, 15) is 18.0 Å². The maximum Gasteiger partial charge on any atom is 0.389 e. The van der Waals surface area contributed by atoms with Crippen molar-refractivity contribution in [2.24, 2.45) is 0 Å². The Labute approximate surface area is 168 Å². The fourth-order valence-electron chi connectivity index (χ4n) is 2.53. The van der Waals surface area contributed by atoms with Crippen LogP contribution >= 0.6 is 27.3 Å². The zero-order valence-corrected chi connectivity index (χ0v) is 17.6. The molecule has 1 aromatic carbocycles. The number of alkyl halides is 3. The number of carbonyl (C=O) groups excluding carboxylic acids is 1. The minimum absolute atomic E-state index is 0.234. The second-order valence-corrected chi connectivity index (χ2v) is 7.96. The van der Waals surface area contributed by atoms with Crippen LogP contribution in [-0.4, -0.2) is 18.8 Å². The van der Waals surface area contributed by atoms with Gasteiger partial charge in [-0.15, -0.1) is 11.3 Å². The molecule has 0 spiro atoms. The first-order valence-electron chi connectivity index (χ1n) is 8.37. The molecule has 2 aromatic rings. The van der Waals surface area contributed by atoms with E-state index in [1.165, 1.54) is 0 Å². The second kappa shape index (κ2) is 9.10. The number of halogens is 4. The molecule has 1 aromatic heterocycles. The van der Waals surface area contributed by atoms with Gasteiger partial charge in [0.1, 0.15) is 16.7 Å². The molecule has 0 aliphatic rings. The van der Waals surface area contributed by atoms with E-state index in [4.69, 9.17) is 9.47 Å². The lowest BCUT2D eigenvalue weighted by atomic mass is 10.1. The summed E-state index contributed by atoms with van der Waals surface area (Å²) in [5.41, 5.74) is 1.86. The van der Waals surface area contributed by atoms with Crippen molar-refractivity contribution in [2.75, 3.05) is 6.61 Å². The Balaban J connectivity index is 2.27. The molecule has 0 saturated heterocycles. The summed E-state index contributed by atoms with van der Waals surface area (Å²) in [4.78, 5) is 12.7. The third kappa shape index (κ3) is 6.24. The van der Waals surface area contributed by atoms with E-state index in [0.29, 0.717) is 15.5 Å². The van der Waals surface area contributed by atoms with Crippen molar-refractivity contribution in [3.05, 3.63) is 49.6 Å². The molecule has 0 saturated carbocycles. The molecular weight excluding hydrogens is 445 g/mol. The number of thiophene rings is 1. The first-order chi connectivity index (χ1) is 12.6. The van der Waals surface area contributed by atoms with Gasteiger partial charge in [-0.05, 0) is 62.6 Å². The summed E-state index contributed by atoms with van der Waals surface area (Å²) in [7, 11) is 0. The minimum atomic E-state index is -4.28. The van der Waals surface area contributed by atoms with Crippen LogP contribution in [0.3, 0.4) is 0 Å². The van der Waals surface area contributed by atoms with Crippen LogP contribution in [0.15, 0.2) is 28.7 Å². The molecule has 0 radical (unpaired) electrons. The number of aryl methyl sites for hydroxylation is 2. The van der Waals surface area contributed by atoms with Gasteiger partial charge in [0.15, 0.2) is 0 Å². The number of ether oxygens (including phenoxy) is 2. The molecule has 1 atom stereocenters. The molecule has 0 fully saturated rings. The van der Waals surface area contributed by atoms with Crippen LogP contribution in [0.4, 0.5) is 13.2 Å². The SMILES string of the molecule is CCOC(=O)c1ccc([C@@H](CCC(F)(F)F)Oc2cc(C)c(Br)c(C)c2)s1. The Morgan fingerprint density at radius 3 is 2.41 bits per heavy atom. The molecule has 27 heavy (non-hydrogen) atoms. The summed E-state index contributed by atoms with van der Waals surface area (Å²) in [6, 6.07) is 6.73. The van der Waals surface area contributed by atoms with Gasteiger partial charge in [-0.25, -0.2) is 4.79 Å². The lowest BCUT2D eigenvalue weighted by Crippen LogP contribution is -2.13. The van der Waals surface area contributed by atoms with Gasteiger partial charge in [0.05, 0.1) is 6.61 Å². The first-order valence-corrected chi connectivity index (χ1v) is 9.98. The molecule has 0 aliphatic heterocycles. The van der Waals surface area contributed by atoms with Gasteiger partial charge >= 0.3 is 12.1 Å². The predicted octanol–water partition coefficient (Wildman–Crippen LogP) is 6.77. The lowest BCUT2D eigenvalue weighted by Gasteiger charge is -2.20. The molecule has 0 unspecified atom stereocenters. The summed E-state index contributed by atoms with van der Waals surface area (Å²) in [5.74, 6) is 0.00473. The van der Waals surface area contributed by atoms with Crippen molar-refractivity contribution < 1.29 is 27.4 Å². The number of esters is 1. The maximum absolute atomic E-state index is 12.8. The molecule has 2 rings (SSSR count). The van der Waals surface area contributed by atoms with Crippen molar-refractivity contribution in [2.45, 2.75) is 45.9 Å². The summed E-state index contributed by atoms with van der Waals surface area (Å²) in [6.45, 7) is 5.70. The Hall–Kier alpha value is -1.54. The van der Waals surface area contributed by atoms with Crippen LogP contribution in [0.1, 0.15) is 51.5 Å². The number of hydrogen-bond donors (Lipinski definition) is 0. The lowest BCUT2D eigenvalue weighted by molar-refractivity contribution is -0.139. The Morgan fingerprint density at radius 1 is 1.22 bits per heavy atom. The Morgan fingerprint density at radius 2 is 1.85 bits per heavy atom. The second-order valence-electron chi connectivity index (χ2n) is 6.05. The van der Waals surface area contributed by atoms with Crippen LogP contribution in [-0.2, 0) is 4.74 Å². The van der Waals surface area contributed by atoms with Gasteiger partial charge < -0.3 is 9.47 Å². The smallest absolute Gasteiger partial charge is 0.389 e. The molecule has 3 nitrogen and oxygen atoms in total. The van der Waals surface area contributed by atoms with E-state index in [1.807, 2.05) is 13.8 Å². The van der Waals surface area contributed by atoms with Gasteiger partial charge in [0.2, 0.25) is 0 Å². The highest BCUT2D eigenvalue weighted by Gasteiger charge is 2.30. The zero-order chi connectivity index (χ0) is 20.2. The highest BCUT2D eigenvalue weighted by Crippen LogP contribution is 2.36. The predicted molar refractivity (Wildman–Crippen MR) is 103 cm³/mol. The summed E-state index contributed by atoms with van der Waals surface area (Å²) in [5, 5.41) is 0. The standard InChI is InChI=1S/C19H20BrF3O3S/c1-4-25-18(24)16-6-5-15(27-16)14(7-8-19(21,22)23)26-13-9-11(2)17(20)12(3)10-13/h5-6,9-10,14H,4,7-8H2,1-3H3/t14-/m1/s1. The topological polar surface area (TPSA) is 35.5 Å². The van der Waals surface area contributed by atoms with Crippen molar-refractivity contribution >= 4 is 33.2 Å². The normalized spacial score (nSPS) is 12.7. The van der Waals surface area contributed by atoms with Crippen molar-refractivity contribution in [3.8, 4) is 5.75 Å². The molecule has 8 heteroatoms. The quantitative estimate of drug-likeness (QED) is 0.424.